The van der Waals surface area contributed by atoms with E-state index < -0.39 is 6.09 Å². The fourth-order valence-corrected chi connectivity index (χ4v) is 3.00. The van der Waals surface area contributed by atoms with Crippen molar-refractivity contribution in [3.05, 3.63) is 27.4 Å². The van der Waals surface area contributed by atoms with Crippen molar-refractivity contribution in [1.82, 2.24) is 0 Å². The molecule has 2 aromatic rings. The molecule has 0 radical (unpaired) electrons. The summed E-state index contributed by atoms with van der Waals surface area (Å²) in [7, 11) is 0. The fraction of sp³-hybridized carbons (Fsp3) is 0.308. The highest BCUT2D eigenvalue weighted by Crippen LogP contribution is 2.42. The first-order chi connectivity index (χ1) is 8.71. The van der Waals surface area contributed by atoms with Crippen molar-refractivity contribution in [3.8, 4) is 0 Å². The number of halogens is 2. The minimum absolute atomic E-state index is 0.204. The van der Waals surface area contributed by atoms with Gasteiger partial charge in [0.2, 0.25) is 0 Å². The van der Waals surface area contributed by atoms with Gasteiger partial charge in [0, 0.05) is 10.8 Å². The molecule has 6 heteroatoms. The van der Waals surface area contributed by atoms with Crippen LogP contribution < -0.4 is 5.32 Å². The first-order valence-corrected chi connectivity index (χ1v) is 6.80. The number of fused-ring (bicyclic) bond motifs is 1. The van der Waals surface area contributed by atoms with E-state index in [1.54, 1.807) is 12.1 Å². The van der Waals surface area contributed by atoms with Crippen LogP contribution in [0.1, 0.15) is 26.5 Å². The van der Waals surface area contributed by atoms with E-state index in [2.05, 4.69) is 21.2 Å². The predicted molar refractivity (Wildman–Crippen MR) is 79.3 cm³/mol. The molecule has 4 nitrogen and oxygen atoms in total. The lowest BCUT2D eigenvalue weighted by atomic mass is 9.93. The average molecular weight is 347 g/mol. The largest absolute Gasteiger partial charge is 0.465 e. The Morgan fingerprint density at radius 1 is 1.42 bits per heavy atom. The van der Waals surface area contributed by atoms with Gasteiger partial charge in [-0.3, -0.25) is 5.32 Å². The molecule has 0 saturated carbocycles. The summed E-state index contributed by atoms with van der Waals surface area (Å²) in [4.78, 5) is 10.8. The van der Waals surface area contributed by atoms with Gasteiger partial charge >= 0.3 is 6.09 Å². The molecule has 0 fully saturated rings. The van der Waals surface area contributed by atoms with E-state index in [9.17, 15) is 4.79 Å². The number of carboxylic acid groups (broad SMARTS) is 1. The highest BCUT2D eigenvalue weighted by Gasteiger charge is 2.26. The molecular formula is C13H13BrClNO3. The van der Waals surface area contributed by atoms with Gasteiger partial charge in [-0.15, -0.1) is 0 Å². The molecule has 102 valence electrons. The standard InChI is InChI=1S/C13H13BrClNO3/c1-13(2,3)11-8(14)6-4-5-7(15)9(10(6)19-11)16-12(17)18/h4-5,16H,1-3H3,(H,17,18). The Hall–Kier alpha value is -1.20. The van der Waals surface area contributed by atoms with Crippen LogP contribution in [0.2, 0.25) is 5.02 Å². The van der Waals surface area contributed by atoms with E-state index in [1.807, 2.05) is 20.8 Å². The smallest absolute Gasteiger partial charge is 0.409 e. The van der Waals surface area contributed by atoms with Gasteiger partial charge in [0.05, 0.1) is 9.50 Å². The Morgan fingerprint density at radius 3 is 2.58 bits per heavy atom. The minimum atomic E-state index is -1.18. The van der Waals surface area contributed by atoms with Gasteiger partial charge in [-0.05, 0) is 28.1 Å². The summed E-state index contributed by atoms with van der Waals surface area (Å²) in [6, 6.07) is 3.44. The molecule has 0 spiro atoms. The number of hydrogen-bond acceptors (Lipinski definition) is 2. The molecule has 1 amide bonds. The minimum Gasteiger partial charge on any atom is -0.465 e. The molecule has 2 N–H and O–H groups in total. The van der Waals surface area contributed by atoms with Gasteiger partial charge in [0.1, 0.15) is 11.4 Å². The van der Waals surface area contributed by atoms with Gasteiger partial charge < -0.3 is 9.52 Å². The highest BCUT2D eigenvalue weighted by molar-refractivity contribution is 9.10. The summed E-state index contributed by atoms with van der Waals surface area (Å²) >= 11 is 9.52. The van der Waals surface area contributed by atoms with Crippen molar-refractivity contribution in [2.24, 2.45) is 0 Å². The number of amides is 1. The van der Waals surface area contributed by atoms with Crippen LogP contribution in [0.25, 0.3) is 11.0 Å². The molecule has 19 heavy (non-hydrogen) atoms. The predicted octanol–water partition coefficient (Wildman–Crippen LogP) is 5.24. The Kier molecular flexibility index (Phi) is 3.53. The zero-order valence-electron chi connectivity index (χ0n) is 10.7. The maximum absolute atomic E-state index is 10.8. The second kappa shape index (κ2) is 4.72. The van der Waals surface area contributed by atoms with E-state index in [0.29, 0.717) is 10.6 Å². The first-order valence-electron chi connectivity index (χ1n) is 5.62. The van der Waals surface area contributed by atoms with Crippen LogP contribution in [0.4, 0.5) is 10.5 Å². The third-order valence-corrected chi connectivity index (χ3v) is 3.76. The number of carbonyl (C=O) groups is 1. The number of benzene rings is 1. The summed E-state index contributed by atoms with van der Waals surface area (Å²) in [5.74, 6) is 0.748. The quantitative estimate of drug-likeness (QED) is 0.742. The zero-order chi connectivity index (χ0) is 14.4. The summed E-state index contributed by atoms with van der Waals surface area (Å²) < 4.78 is 6.64. The molecule has 1 aromatic carbocycles. The lowest BCUT2D eigenvalue weighted by Gasteiger charge is -2.15. The second-order valence-corrected chi connectivity index (χ2v) is 6.42. The number of anilines is 1. The lowest BCUT2D eigenvalue weighted by molar-refractivity contribution is 0.209. The maximum Gasteiger partial charge on any atom is 0.409 e. The molecule has 0 saturated heterocycles. The lowest BCUT2D eigenvalue weighted by Crippen LogP contribution is -2.10. The molecule has 1 aromatic heterocycles. The molecule has 0 aliphatic rings. The van der Waals surface area contributed by atoms with E-state index in [0.717, 1.165) is 15.6 Å². The van der Waals surface area contributed by atoms with Crippen LogP contribution in [-0.2, 0) is 5.41 Å². The van der Waals surface area contributed by atoms with Crippen LogP contribution in [0.15, 0.2) is 21.0 Å². The van der Waals surface area contributed by atoms with Gasteiger partial charge in [0.25, 0.3) is 0 Å². The third-order valence-electron chi connectivity index (χ3n) is 2.66. The summed E-state index contributed by atoms with van der Waals surface area (Å²) in [6.07, 6.45) is -1.18. The Bertz CT molecular complexity index is 658. The molecule has 0 aliphatic carbocycles. The van der Waals surface area contributed by atoms with Crippen LogP contribution >= 0.6 is 27.5 Å². The first kappa shape index (κ1) is 14.2. The molecule has 0 atom stereocenters. The van der Waals surface area contributed by atoms with Gasteiger partial charge in [-0.2, -0.15) is 0 Å². The average Bonchev–Trinajstić information content (AvgIpc) is 2.60. The normalized spacial score (nSPS) is 11.8. The Morgan fingerprint density at radius 2 is 2.05 bits per heavy atom. The number of furan rings is 1. The summed E-state index contributed by atoms with van der Waals surface area (Å²) in [5, 5.41) is 12.2. The van der Waals surface area contributed by atoms with Crippen LogP contribution in [0.3, 0.4) is 0 Å². The fourth-order valence-electron chi connectivity index (χ4n) is 1.81. The van der Waals surface area contributed by atoms with Crippen molar-refractivity contribution in [3.63, 3.8) is 0 Å². The van der Waals surface area contributed by atoms with Crippen molar-refractivity contribution in [2.75, 3.05) is 5.32 Å². The number of rotatable bonds is 1. The van der Waals surface area contributed by atoms with Gasteiger partial charge in [-0.1, -0.05) is 32.4 Å². The van der Waals surface area contributed by atoms with E-state index in [1.165, 1.54) is 0 Å². The highest BCUT2D eigenvalue weighted by atomic mass is 79.9. The van der Waals surface area contributed by atoms with Crippen LogP contribution in [-0.4, -0.2) is 11.2 Å². The molecule has 0 aliphatic heterocycles. The van der Waals surface area contributed by atoms with Crippen LogP contribution in [0.5, 0.6) is 0 Å². The van der Waals surface area contributed by atoms with Crippen molar-refractivity contribution < 1.29 is 14.3 Å². The molecule has 2 rings (SSSR count). The van der Waals surface area contributed by atoms with E-state index >= 15 is 0 Å². The van der Waals surface area contributed by atoms with E-state index in [4.69, 9.17) is 21.1 Å². The Labute approximate surface area is 123 Å². The van der Waals surface area contributed by atoms with E-state index in [-0.39, 0.29) is 11.1 Å². The van der Waals surface area contributed by atoms with Crippen molar-refractivity contribution >= 4 is 50.3 Å². The topological polar surface area (TPSA) is 62.5 Å². The SMILES string of the molecule is CC(C)(C)c1oc2c(NC(=O)O)c(Cl)ccc2c1Br. The second-order valence-electron chi connectivity index (χ2n) is 5.22. The Balaban J connectivity index is 2.76. The van der Waals surface area contributed by atoms with Gasteiger partial charge in [0.15, 0.2) is 5.58 Å². The maximum atomic E-state index is 10.8. The number of hydrogen-bond donors (Lipinski definition) is 2. The molecule has 0 unspecified atom stereocenters. The molecular weight excluding hydrogens is 334 g/mol. The summed E-state index contributed by atoms with van der Waals surface area (Å²) in [5.41, 5.74) is 0.500. The third kappa shape index (κ3) is 2.58. The van der Waals surface area contributed by atoms with Crippen molar-refractivity contribution in [1.29, 1.82) is 0 Å². The molecule has 1 heterocycles. The van der Waals surface area contributed by atoms with Gasteiger partial charge in [-0.25, -0.2) is 4.79 Å². The summed E-state index contributed by atoms with van der Waals surface area (Å²) in [6.45, 7) is 6.05. The number of nitrogens with one attached hydrogen (secondary N) is 1. The molecule has 0 bridgehead atoms. The van der Waals surface area contributed by atoms with Crippen LogP contribution in [0, 0.1) is 0 Å². The monoisotopic (exact) mass is 345 g/mol. The zero-order valence-corrected chi connectivity index (χ0v) is 13.0. The van der Waals surface area contributed by atoms with Crippen molar-refractivity contribution in [2.45, 2.75) is 26.2 Å².